The first-order chi connectivity index (χ1) is 9.94. The first kappa shape index (κ1) is 19.9. The van der Waals surface area contributed by atoms with Crippen LogP contribution in [-0.2, 0) is 14.3 Å². The van der Waals surface area contributed by atoms with Gasteiger partial charge in [-0.05, 0) is 37.6 Å². The Kier molecular flexibility index (Phi) is 10.9. The van der Waals surface area contributed by atoms with E-state index in [1.807, 2.05) is 13.8 Å². The van der Waals surface area contributed by atoms with Crippen molar-refractivity contribution in [1.82, 2.24) is 5.32 Å². The largest absolute Gasteiger partial charge is 0.467 e. The van der Waals surface area contributed by atoms with E-state index in [0.29, 0.717) is 31.2 Å². The zero-order valence-electron chi connectivity index (χ0n) is 14.0. The molecule has 124 valence electrons. The lowest BCUT2D eigenvalue weighted by molar-refractivity contribution is -0.145. The predicted molar refractivity (Wildman–Crippen MR) is 84.7 cm³/mol. The summed E-state index contributed by atoms with van der Waals surface area (Å²) in [6.45, 7) is 6.82. The number of ether oxygens (including phenoxy) is 1. The average Bonchev–Trinajstić information content (AvgIpc) is 2.43. The van der Waals surface area contributed by atoms with E-state index in [1.165, 1.54) is 7.11 Å². The Labute approximate surface area is 129 Å². The van der Waals surface area contributed by atoms with Crippen molar-refractivity contribution >= 4 is 11.9 Å². The van der Waals surface area contributed by atoms with Crippen molar-refractivity contribution in [3.05, 3.63) is 0 Å². The highest BCUT2D eigenvalue weighted by Crippen LogP contribution is 2.17. The van der Waals surface area contributed by atoms with Gasteiger partial charge >= 0.3 is 5.97 Å². The van der Waals surface area contributed by atoms with E-state index in [4.69, 9.17) is 10.5 Å². The first-order valence-electron chi connectivity index (χ1n) is 8.01. The number of rotatable bonds is 11. The minimum atomic E-state index is -0.540. The Bertz CT molecular complexity index is 300. The SMILES string of the molecule is CCCC(CCN)CCC(=O)N[C@@H](CC(C)C)C(=O)OC. The van der Waals surface area contributed by atoms with Crippen molar-refractivity contribution in [2.45, 2.75) is 65.3 Å². The number of methoxy groups -OCH3 is 1. The van der Waals surface area contributed by atoms with Gasteiger partial charge in [-0.25, -0.2) is 4.79 Å². The van der Waals surface area contributed by atoms with Crippen LogP contribution in [0.15, 0.2) is 0 Å². The van der Waals surface area contributed by atoms with E-state index in [9.17, 15) is 9.59 Å². The molecule has 1 amide bonds. The topological polar surface area (TPSA) is 81.4 Å². The summed E-state index contributed by atoms with van der Waals surface area (Å²) in [7, 11) is 1.35. The molecule has 1 unspecified atom stereocenters. The number of hydrogen-bond acceptors (Lipinski definition) is 4. The van der Waals surface area contributed by atoms with Crippen LogP contribution in [0.3, 0.4) is 0 Å². The Morgan fingerprint density at radius 3 is 2.33 bits per heavy atom. The van der Waals surface area contributed by atoms with Crippen LogP contribution in [0.1, 0.15) is 59.3 Å². The summed E-state index contributed by atoms with van der Waals surface area (Å²) < 4.78 is 4.75. The van der Waals surface area contributed by atoms with Crippen LogP contribution in [-0.4, -0.2) is 31.6 Å². The molecule has 0 bridgehead atoms. The van der Waals surface area contributed by atoms with Gasteiger partial charge in [0.05, 0.1) is 7.11 Å². The normalized spacial score (nSPS) is 13.8. The third kappa shape index (κ3) is 9.45. The molecule has 3 N–H and O–H groups in total. The van der Waals surface area contributed by atoms with Gasteiger partial charge < -0.3 is 15.8 Å². The number of carbonyl (C=O) groups excluding carboxylic acids is 2. The van der Waals surface area contributed by atoms with Crippen LogP contribution in [0.25, 0.3) is 0 Å². The second-order valence-corrected chi connectivity index (χ2v) is 6.04. The molecule has 21 heavy (non-hydrogen) atoms. The Balaban J connectivity index is 4.32. The first-order valence-corrected chi connectivity index (χ1v) is 8.01. The van der Waals surface area contributed by atoms with Gasteiger partial charge in [0, 0.05) is 6.42 Å². The fourth-order valence-corrected chi connectivity index (χ4v) is 2.51. The number of hydrogen-bond donors (Lipinski definition) is 2. The highest BCUT2D eigenvalue weighted by atomic mass is 16.5. The van der Waals surface area contributed by atoms with Crippen molar-refractivity contribution in [3.8, 4) is 0 Å². The Morgan fingerprint density at radius 1 is 1.19 bits per heavy atom. The summed E-state index contributed by atoms with van der Waals surface area (Å²) in [5.41, 5.74) is 5.60. The van der Waals surface area contributed by atoms with Gasteiger partial charge in [0.15, 0.2) is 0 Å². The molecule has 0 aromatic carbocycles. The van der Waals surface area contributed by atoms with Crippen LogP contribution in [0, 0.1) is 11.8 Å². The Morgan fingerprint density at radius 2 is 1.86 bits per heavy atom. The number of amides is 1. The van der Waals surface area contributed by atoms with Crippen LogP contribution < -0.4 is 11.1 Å². The van der Waals surface area contributed by atoms with E-state index >= 15 is 0 Å². The van der Waals surface area contributed by atoms with E-state index in [0.717, 1.165) is 25.7 Å². The standard InChI is InChI=1S/C16H32N2O3/c1-5-6-13(9-10-17)7-8-15(19)18-14(11-12(2)3)16(20)21-4/h12-14H,5-11,17H2,1-4H3,(H,18,19)/t13?,14-/m0/s1. The molecule has 0 saturated carbocycles. The van der Waals surface area contributed by atoms with Gasteiger partial charge in [-0.1, -0.05) is 33.6 Å². The number of carbonyl (C=O) groups is 2. The van der Waals surface area contributed by atoms with Crippen molar-refractivity contribution in [2.75, 3.05) is 13.7 Å². The lowest BCUT2D eigenvalue weighted by atomic mass is 9.94. The molecule has 5 heteroatoms. The molecule has 0 saturated heterocycles. The second kappa shape index (κ2) is 11.5. The molecule has 0 heterocycles. The van der Waals surface area contributed by atoms with Crippen molar-refractivity contribution < 1.29 is 14.3 Å². The average molecular weight is 300 g/mol. The molecule has 0 fully saturated rings. The molecule has 0 aliphatic heterocycles. The van der Waals surface area contributed by atoms with Crippen LogP contribution in [0.4, 0.5) is 0 Å². The molecule has 0 aliphatic carbocycles. The number of nitrogens with one attached hydrogen (secondary N) is 1. The molecule has 0 spiro atoms. The monoisotopic (exact) mass is 300 g/mol. The fraction of sp³-hybridized carbons (Fsp3) is 0.875. The lowest BCUT2D eigenvalue weighted by Gasteiger charge is -2.19. The third-order valence-corrected chi connectivity index (χ3v) is 3.58. The van der Waals surface area contributed by atoms with Crippen LogP contribution >= 0.6 is 0 Å². The molecule has 0 aromatic rings. The van der Waals surface area contributed by atoms with E-state index in [1.54, 1.807) is 0 Å². The zero-order valence-corrected chi connectivity index (χ0v) is 14.0. The summed E-state index contributed by atoms with van der Waals surface area (Å²) in [5.74, 6) is 0.361. The van der Waals surface area contributed by atoms with Crippen LogP contribution in [0.2, 0.25) is 0 Å². The van der Waals surface area contributed by atoms with Gasteiger partial charge in [-0.3, -0.25) is 4.79 Å². The molecule has 0 aromatic heterocycles. The second-order valence-electron chi connectivity index (χ2n) is 6.04. The third-order valence-electron chi connectivity index (χ3n) is 3.58. The molecular formula is C16H32N2O3. The highest BCUT2D eigenvalue weighted by Gasteiger charge is 2.22. The molecular weight excluding hydrogens is 268 g/mol. The van der Waals surface area contributed by atoms with Crippen molar-refractivity contribution in [3.63, 3.8) is 0 Å². The zero-order chi connectivity index (χ0) is 16.3. The summed E-state index contributed by atoms with van der Waals surface area (Å²) in [5, 5.41) is 2.79. The maximum Gasteiger partial charge on any atom is 0.328 e. The molecule has 5 nitrogen and oxygen atoms in total. The summed E-state index contributed by atoms with van der Waals surface area (Å²) in [4.78, 5) is 23.7. The minimum absolute atomic E-state index is 0.0795. The van der Waals surface area contributed by atoms with Crippen molar-refractivity contribution in [1.29, 1.82) is 0 Å². The maximum absolute atomic E-state index is 12.0. The van der Waals surface area contributed by atoms with Gasteiger partial charge in [0.25, 0.3) is 0 Å². The molecule has 0 aliphatic rings. The molecule has 2 atom stereocenters. The van der Waals surface area contributed by atoms with Gasteiger partial charge in [0.2, 0.25) is 5.91 Å². The Hall–Kier alpha value is -1.10. The molecule has 0 radical (unpaired) electrons. The van der Waals surface area contributed by atoms with Crippen LogP contribution in [0.5, 0.6) is 0 Å². The van der Waals surface area contributed by atoms with E-state index in [2.05, 4.69) is 12.2 Å². The fourth-order valence-electron chi connectivity index (χ4n) is 2.51. The molecule has 0 rings (SSSR count). The number of nitrogens with two attached hydrogens (primary N) is 1. The summed E-state index contributed by atoms with van der Waals surface area (Å²) in [6, 6.07) is -0.540. The summed E-state index contributed by atoms with van der Waals surface area (Å²) in [6.07, 6.45) is 5.01. The van der Waals surface area contributed by atoms with Crippen molar-refractivity contribution in [2.24, 2.45) is 17.6 Å². The maximum atomic E-state index is 12.0. The highest BCUT2D eigenvalue weighted by molar-refractivity contribution is 5.84. The van der Waals surface area contributed by atoms with Gasteiger partial charge in [-0.2, -0.15) is 0 Å². The predicted octanol–water partition coefficient (Wildman–Crippen LogP) is 2.24. The smallest absolute Gasteiger partial charge is 0.328 e. The lowest BCUT2D eigenvalue weighted by Crippen LogP contribution is -2.42. The van der Waals surface area contributed by atoms with Gasteiger partial charge in [-0.15, -0.1) is 0 Å². The number of esters is 1. The minimum Gasteiger partial charge on any atom is -0.467 e. The van der Waals surface area contributed by atoms with E-state index in [-0.39, 0.29) is 11.9 Å². The quantitative estimate of drug-likeness (QED) is 0.573. The summed E-state index contributed by atoms with van der Waals surface area (Å²) >= 11 is 0. The van der Waals surface area contributed by atoms with E-state index < -0.39 is 6.04 Å². The van der Waals surface area contributed by atoms with Gasteiger partial charge in [0.1, 0.15) is 6.04 Å².